The minimum absolute atomic E-state index is 0. The molecule has 1 atom stereocenters. The van der Waals surface area contributed by atoms with Gasteiger partial charge in [0.25, 0.3) is 0 Å². The fourth-order valence-corrected chi connectivity index (χ4v) is 2.99. The number of nitrogens with zero attached hydrogens (tertiary/aromatic N) is 1. The van der Waals surface area contributed by atoms with E-state index in [1.807, 2.05) is 30.3 Å². The average molecular weight is 467 g/mol. The number of aliphatic imine (C=N–C) groups is 1. The molecule has 1 aliphatic rings. The van der Waals surface area contributed by atoms with Gasteiger partial charge in [0.2, 0.25) is 0 Å². The van der Waals surface area contributed by atoms with Crippen molar-refractivity contribution in [3.05, 3.63) is 59.7 Å². The third kappa shape index (κ3) is 5.52. The van der Waals surface area contributed by atoms with Crippen LogP contribution >= 0.6 is 24.0 Å². The monoisotopic (exact) mass is 467 g/mol. The number of nitrogens with one attached hydrogen (secondary N) is 2. The normalized spacial score (nSPS) is 16.0. The quantitative estimate of drug-likeness (QED) is 0.357. The molecule has 1 heterocycles. The number of hydrogen-bond acceptors (Lipinski definition) is 3. The van der Waals surface area contributed by atoms with Gasteiger partial charge in [-0.1, -0.05) is 30.3 Å². The van der Waals surface area contributed by atoms with E-state index in [0.29, 0.717) is 18.9 Å². The first-order valence-electron chi connectivity index (χ1n) is 8.80. The van der Waals surface area contributed by atoms with Crippen LogP contribution < -0.4 is 15.4 Å². The molecule has 0 amide bonds. The smallest absolute Gasteiger partial charge is 0.191 e. The molecule has 1 unspecified atom stereocenters. The lowest BCUT2D eigenvalue weighted by Gasteiger charge is -2.28. The number of guanidine groups is 1. The van der Waals surface area contributed by atoms with Crippen molar-refractivity contribution in [2.45, 2.75) is 25.8 Å². The molecule has 2 aromatic carbocycles. The van der Waals surface area contributed by atoms with E-state index in [9.17, 15) is 5.11 Å². The van der Waals surface area contributed by atoms with Gasteiger partial charge in [-0.15, -0.1) is 24.0 Å². The Kier molecular flexibility index (Phi) is 8.03. The van der Waals surface area contributed by atoms with Crippen molar-refractivity contribution >= 4 is 29.9 Å². The summed E-state index contributed by atoms with van der Waals surface area (Å²) in [4.78, 5) is 4.68. The van der Waals surface area contributed by atoms with Gasteiger partial charge in [-0.2, -0.15) is 0 Å². The molecule has 0 aliphatic carbocycles. The third-order valence-electron chi connectivity index (χ3n) is 4.19. The molecule has 0 fully saturated rings. The SMILES string of the molecule is CCNC(=NCCc1cccc(O)c1)NC1CCOc2ccccc21.I. The van der Waals surface area contributed by atoms with Crippen molar-refractivity contribution < 1.29 is 9.84 Å². The van der Waals surface area contributed by atoms with Crippen LogP contribution in [0.4, 0.5) is 0 Å². The molecule has 3 N–H and O–H groups in total. The first-order chi connectivity index (χ1) is 12.3. The Balaban J connectivity index is 0.00000243. The molecule has 140 valence electrons. The molecule has 0 saturated carbocycles. The highest BCUT2D eigenvalue weighted by Gasteiger charge is 2.21. The number of phenols is 1. The summed E-state index contributed by atoms with van der Waals surface area (Å²) < 4.78 is 5.72. The number of rotatable bonds is 5. The standard InChI is InChI=1S/C20H25N3O2.HI/c1-2-21-20(22-12-10-15-6-5-7-16(24)14-15)23-18-11-13-25-19-9-4-3-8-17(18)19;/h3-9,14,18,24H,2,10-13H2,1H3,(H2,21,22,23);1H. The van der Waals surface area contributed by atoms with Crippen molar-refractivity contribution in [3.63, 3.8) is 0 Å². The van der Waals surface area contributed by atoms with Crippen LogP contribution in [0.3, 0.4) is 0 Å². The number of fused-ring (bicyclic) bond motifs is 1. The Hall–Kier alpha value is -1.96. The Labute approximate surface area is 171 Å². The maximum atomic E-state index is 9.54. The molecule has 3 rings (SSSR count). The van der Waals surface area contributed by atoms with E-state index >= 15 is 0 Å². The predicted molar refractivity (Wildman–Crippen MR) is 116 cm³/mol. The topological polar surface area (TPSA) is 65.9 Å². The summed E-state index contributed by atoms with van der Waals surface area (Å²) in [5.74, 6) is 2.05. The molecule has 26 heavy (non-hydrogen) atoms. The van der Waals surface area contributed by atoms with Gasteiger partial charge < -0.3 is 20.5 Å². The molecule has 0 spiro atoms. The van der Waals surface area contributed by atoms with Gasteiger partial charge in [0.05, 0.1) is 12.6 Å². The number of halogens is 1. The van der Waals surface area contributed by atoms with Crippen LogP contribution in [0.1, 0.15) is 30.5 Å². The summed E-state index contributed by atoms with van der Waals surface area (Å²) in [7, 11) is 0. The molecule has 0 aromatic heterocycles. The Morgan fingerprint density at radius 1 is 1.23 bits per heavy atom. The van der Waals surface area contributed by atoms with Crippen molar-refractivity contribution in [1.29, 1.82) is 0 Å². The van der Waals surface area contributed by atoms with E-state index in [0.717, 1.165) is 36.7 Å². The van der Waals surface area contributed by atoms with E-state index in [4.69, 9.17) is 4.74 Å². The summed E-state index contributed by atoms with van der Waals surface area (Å²) in [5, 5.41) is 16.4. The number of benzene rings is 2. The minimum atomic E-state index is 0. The van der Waals surface area contributed by atoms with Crippen LogP contribution in [0.25, 0.3) is 0 Å². The first kappa shape index (κ1) is 20.4. The van der Waals surface area contributed by atoms with Crippen LogP contribution in [0.5, 0.6) is 11.5 Å². The van der Waals surface area contributed by atoms with Crippen molar-refractivity contribution in [1.82, 2.24) is 10.6 Å². The van der Waals surface area contributed by atoms with Crippen molar-refractivity contribution in [3.8, 4) is 11.5 Å². The summed E-state index contributed by atoms with van der Waals surface area (Å²) in [6.45, 7) is 4.23. The van der Waals surface area contributed by atoms with Crippen molar-refractivity contribution in [2.24, 2.45) is 4.99 Å². The second-order valence-electron chi connectivity index (χ2n) is 6.05. The lowest BCUT2D eigenvalue weighted by atomic mass is 10.0. The lowest BCUT2D eigenvalue weighted by molar-refractivity contribution is 0.261. The Bertz CT molecular complexity index is 737. The zero-order valence-corrected chi connectivity index (χ0v) is 17.3. The first-order valence-corrected chi connectivity index (χ1v) is 8.80. The second-order valence-corrected chi connectivity index (χ2v) is 6.05. The molecule has 0 radical (unpaired) electrons. The van der Waals surface area contributed by atoms with E-state index < -0.39 is 0 Å². The summed E-state index contributed by atoms with van der Waals surface area (Å²) in [6, 6.07) is 15.7. The molecule has 0 saturated heterocycles. The highest BCUT2D eigenvalue weighted by molar-refractivity contribution is 14.0. The fraction of sp³-hybridized carbons (Fsp3) is 0.350. The van der Waals surface area contributed by atoms with Gasteiger partial charge in [0.1, 0.15) is 11.5 Å². The second kappa shape index (κ2) is 10.3. The number of ether oxygens (including phenoxy) is 1. The van der Waals surface area contributed by atoms with Crippen molar-refractivity contribution in [2.75, 3.05) is 19.7 Å². The van der Waals surface area contributed by atoms with Crippen LogP contribution in [0.2, 0.25) is 0 Å². The summed E-state index contributed by atoms with van der Waals surface area (Å²) >= 11 is 0. The van der Waals surface area contributed by atoms with Gasteiger partial charge in [0, 0.05) is 25.1 Å². The number of hydrogen-bond donors (Lipinski definition) is 3. The zero-order valence-electron chi connectivity index (χ0n) is 14.9. The van der Waals surface area contributed by atoms with E-state index in [-0.39, 0.29) is 30.0 Å². The zero-order chi connectivity index (χ0) is 17.5. The largest absolute Gasteiger partial charge is 0.508 e. The summed E-state index contributed by atoms with van der Waals surface area (Å²) in [5.41, 5.74) is 2.25. The van der Waals surface area contributed by atoms with Gasteiger partial charge in [0.15, 0.2) is 5.96 Å². The maximum absolute atomic E-state index is 9.54. The highest BCUT2D eigenvalue weighted by Crippen LogP contribution is 2.31. The number of phenolic OH excluding ortho intramolecular Hbond substituents is 1. The van der Waals surface area contributed by atoms with E-state index in [2.05, 4.69) is 28.6 Å². The van der Waals surface area contributed by atoms with Crippen LogP contribution in [0.15, 0.2) is 53.5 Å². The van der Waals surface area contributed by atoms with E-state index in [1.165, 1.54) is 5.56 Å². The van der Waals surface area contributed by atoms with Crippen LogP contribution in [-0.2, 0) is 6.42 Å². The number of aromatic hydroxyl groups is 1. The third-order valence-corrected chi connectivity index (χ3v) is 4.19. The molecule has 5 nitrogen and oxygen atoms in total. The molecular formula is C20H26IN3O2. The molecule has 2 aromatic rings. The minimum Gasteiger partial charge on any atom is -0.508 e. The van der Waals surface area contributed by atoms with Gasteiger partial charge in [-0.25, -0.2) is 0 Å². The van der Waals surface area contributed by atoms with Gasteiger partial charge in [-0.05, 0) is 37.1 Å². The van der Waals surface area contributed by atoms with Gasteiger partial charge >= 0.3 is 0 Å². The molecule has 0 bridgehead atoms. The Morgan fingerprint density at radius 3 is 2.88 bits per heavy atom. The van der Waals surface area contributed by atoms with Crippen LogP contribution in [0, 0.1) is 0 Å². The predicted octanol–water partition coefficient (Wildman–Crippen LogP) is 3.63. The Morgan fingerprint density at radius 2 is 2.08 bits per heavy atom. The lowest BCUT2D eigenvalue weighted by Crippen LogP contribution is -2.41. The fourth-order valence-electron chi connectivity index (χ4n) is 2.99. The number of para-hydroxylation sites is 1. The average Bonchev–Trinajstić information content (AvgIpc) is 2.62. The maximum Gasteiger partial charge on any atom is 0.191 e. The van der Waals surface area contributed by atoms with Gasteiger partial charge in [-0.3, -0.25) is 4.99 Å². The molecule has 6 heteroatoms. The molecular weight excluding hydrogens is 441 g/mol. The van der Waals surface area contributed by atoms with E-state index in [1.54, 1.807) is 12.1 Å². The highest BCUT2D eigenvalue weighted by atomic mass is 127. The summed E-state index contributed by atoms with van der Waals surface area (Å²) in [6.07, 6.45) is 1.70. The van der Waals surface area contributed by atoms with Crippen LogP contribution in [-0.4, -0.2) is 30.8 Å². The molecule has 1 aliphatic heterocycles.